The number of nitrogens with two attached hydrogens (primary N) is 1. The zero-order chi connectivity index (χ0) is 11.4. The molecular weight excluding hydrogens is 186 g/mol. The molecule has 1 aliphatic rings. The highest BCUT2D eigenvalue weighted by Crippen LogP contribution is 2.50. The van der Waals surface area contributed by atoms with E-state index in [1.807, 2.05) is 13.0 Å². The van der Waals surface area contributed by atoms with Crippen molar-refractivity contribution in [3.8, 4) is 5.75 Å². The monoisotopic (exact) mass is 205 g/mol. The third-order valence-corrected chi connectivity index (χ3v) is 3.66. The van der Waals surface area contributed by atoms with Gasteiger partial charge < -0.3 is 10.8 Å². The molecule has 0 aromatic heterocycles. The van der Waals surface area contributed by atoms with Gasteiger partial charge in [-0.05, 0) is 47.4 Å². The topological polar surface area (TPSA) is 46.2 Å². The van der Waals surface area contributed by atoms with Crippen LogP contribution in [0, 0.1) is 6.92 Å². The summed E-state index contributed by atoms with van der Waals surface area (Å²) in [5.41, 5.74) is 10.3. The van der Waals surface area contributed by atoms with Crippen molar-refractivity contribution >= 4 is 5.69 Å². The predicted molar refractivity (Wildman–Crippen MR) is 63.3 cm³/mol. The van der Waals surface area contributed by atoms with Gasteiger partial charge in [-0.15, -0.1) is 0 Å². The molecule has 2 nitrogen and oxygen atoms in total. The van der Waals surface area contributed by atoms with Crippen LogP contribution in [0.2, 0.25) is 0 Å². The minimum Gasteiger partial charge on any atom is -0.506 e. The largest absolute Gasteiger partial charge is 0.506 e. The molecule has 0 heterocycles. The summed E-state index contributed by atoms with van der Waals surface area (Å²) < 4.78 is 0. The Balaban J connectivity index is 2.76. The zero-order valence-corrected chi connectivity index (χ0v) is 9.89. The Bertz CT molecular complexity index is 421. The van der Waals surface area contributed by atoms with Gasteiger partial charge in [-0.2, -0.15) is 0 Å². The lowest BCUT2D eigenvalue weighted by Crippen LogP contribution is -2.14. The molecule has 82 valence electrons. The van der Waals surface area contributed by atoms with Gasteiger partial charge in [0.15, 0.2) is 0 Å². The summed E-state index contributed by atoms with van der Waals surface area (Å²) in [5, 5.41) is 9.73. The number of aromatic hydroxyl groups is 1. The van der Waals surface area contributed by atoms with Crippen LogP contribution in [0.25, 0.3) is 0 Å². The van der Waals surface area contributed by atoms with Crippen LogP contribution in [0.5, 0.6) is 5.75 Å². The van der Waals surface area contributed by atoms with E-state index in [0.29, 0.717) is 11.6 Å². The van der Waals surface area contributed by atoms with E-state index in [4.69, 9.17) is 5.73 Å². The summed E-state index contributed by atoms with van der Waals surface area (Å²) >= 11 is 0. The first-order chi connectivity index (χ1) is 6.84. The molecule has 1 aromatic carbocycles. The molecule has 0 radical (unpaired) electrons. The molecule has 0 fully saturated rings. The van der Waals surface area contributed by atoms with E-state index in [9.17, 15) is 5.11 Å². The fourth-order valence-electron chi connectivity index (χ4n) is 3.10. The van der Waals surface area contributed by atoms with Crippen LogP contribution in [-0.2, 0) is 5.41 Å². The van der Waals surface area contributed by atoms with E-state index in [1.165, 1.54) is 11.1 Å². The summed E-state index contributed by atoms with van der Waals surface area (Å²) in [5.74, 6) is 0.746. The van der Waals surface area contributed by atoms with Gasteiger partial charge in [0.05, 0.1) is 5.69 Å². The number of anilines is 1. The van der Waals surface area contributed by atoms with Crippen LogP contribution in [0.3, 0.4) is 0 Å². The van der Waals surface area contributed by atoms with E-state index < -0.39 is 0 Å². The maximum atomic E-state index is 9.73. The third-order valence-electron chi connectivity index (χ3n) is 3.66. The normalized spacial score (nSPS) is 22.8. The zero-order valence-electron chi connectivity index (χ0n) is 9.89. The molecule has 2 heteroatoms. The van der Waals surface area contributed by atoms with E-state index in [0.717, 1.165) is 12.0 Å². The number of fused-ring (bicyclic) bond motifs is 1. The van der Waals surface area contributed by atoms with Crippen LogP contribution < -0.4 is 5.73 Å². The number of nitrogen functional groups attached to an aromatic ring is 1. The average Bonchev–Trinajstić information content (AvgIpc) is 2.33. The van der Waals surface area contributed by atoms with E-state index in [2.05, 4.69) is 20.8 Å². The number of rotatable bonds is 0. The molecule has 0 spiro atoms. The number of phenolic OH excluding ortho intramolecular Hbond substituents is 1. The van der Waals surface area contributed by atoms with Gasteiger partial charge in [0.2, 0.25) is 0 Å². The first-order valence-electron chi connectivity index (χ1n) is 5.47. The van der Waals surface area contributed by atoms with E-state index in [1.54, 1.807) is 0 Å². The van der Waals surface area contributed by atoms with Crippen LogP contribution in [0.1, 0.15) is 49.8 Å². The quantitative estimate of drug-likeness (QED) is 0.505. The fourth-order valence-corrected chi connectivity index (χ4v) is 3.10. The van der Waals surface area contributed by atoms with Crippen molar-refractivity contribution in [2.45, 2.75) is 45.4 Å². The Morgan fingerprint density at radius 3 is 2.67 bits per heavy atom. The molecular formula is C13H19NO. The van der Waals surface area contributed by atoms with Gasteiger partial charge in [0, 0.05) is 0 Å². The first-order valence-corrected chi connectivity index (χ1v) is 5.47. The van der Waals surface area contributed by atoms with E-state index >= 15 is 0 Å². The second-order valence-electron chi connectivity index (χ2n) is 5.39. The lowest BCUT2D eigenvalue weighted by Gasteiger charge is -2.22. The Labute approximate surface area is 91.1 Å². The van der Waals surface area contributed by atoms with Crippen molar-refractivity contribution in [3.63, 3.8) is 0 Å². The highest BCUT2D eigenvalue weighted by molar-refractivity contribution is 5.65. The van der Waals surface area contributed by atoms with Gasteiger partial charge in [0.1, 0.15) is 5.75 Å². The molecule has 1 atom stereocenters. The molecule has 1 aromatic rings. The summed E-state index contributed by atoms with van der Waals surface area (Å²) in [6.07, 6.45) is 1.13. The molecule has 0 aliphatic heterocycles. The SMILES string of the molecule is Cc1c(N)c(O)cc2c1C(C)(C)CC2C. The summed E-state index contributed by atoms with van der Waals surface area (Å²) in [7, 11) is 0. The minimum atomic E-state index is 0.181. The second kappa shape index (κ2) is 2.91. The molecule has 2 rings (SSSR count). The molecule has 3 N–H and O–H groups in total. The molecule has 15 heavy (non-hydrogen) atoms. The number of hydrogen-bond donors (Lipinski definition) is 2. The smallest absolute Gasteiger partial charge is 0.139 e. The molecule has 1 aliphatic carbocycles. The van der Waals surface area contributed by atoms with Crippen LogP contribution in [0.4, 0.5) is 5.69 Å². The van der Waals surface area contributed by atoms with Gasteiger partial charge >= 0.3 is 0 Å². The van der Waals surface area contributed by atoms with Gasteiger partial charge in [0.25, 0.3) is 0 Å². The number of phenols is 1. The lowest BCUT2D eigenvalue weighted by molar-refractivity contribution is 0.476. The summed E-state index contributed by atoms with van der Waals surface area (Å²) in [4.78, 5) is 0. The van der Waals surface area contributed by atoms with Crippen LogP contribution in [-0.4, -0.2) is 5.11 Å². The Kier molecular flexibility index (Phi) is 2.00. The second-order valence-corrected chi connectivity index (χ2v) is 5.39. The molecule has 0 amide bonds. The molecule has 0 saturated carbocycles. The number of benzene rings is 1. The van der Waals surface area contributed by atoms with Gasteiger partial charge in [-0.25, -0.2) is 0 Å². The standard InChI is InChI=1S/C13H19NO/c1-7-6-13(3,4)11-8(2)12(14)10(15)5-9(7)11/h5,7,15H,6,14H2,1-4H3. The third kappa shape index (κ3) is 1.31. The van der Waals surface area contributed by atoms with E-state index in [-0.39, 0.29) is 11.2 Å². The fraction of sp³-hybridized carbons (Fsp3) is 0.538. The van der Waals surface area contributed by atoms with Gasteiger partial charge in [-0.1, -0.05) is 20.8 Å². The minimum absolute atomic E-state index is 0.181. The summed E-state index contributed by atoms with van der Waals surface area (Å²) in [6.45, 7) is 8.72. The maximum Gasteiger partial charge on any atom is 0.139 e. The average molecular weight is 205 g/mol. The maximum absolute atomic E-state index is 9.73. The Morgan fingerprint density at radius 2 is 2.07 bits per heavy atom. The van der Waals surface area contributed by atoms with Crippen LogP contribution in [0.15, 0.2) is 6.07 Å². The molecule has 0 saturated heterocycles. The highest BCUT2D eigenvalue weighted by atomic mass is 16.3. The van der Waals surface area contributed by atoms with Crippen LogP contribution >= 0.6 is 0 Å². The lowest BCUT2D eigenvalue weighted by atomic mass is 9.83. The van der Waals surface area contributed by atoms with Crippen molar-refractivity contribution in [3.05, 3.63) is 22.8 Å². The van der Waals surface area contributed by atoms with Gasteiger partial charge in [-0.3, -0.25) is 0 Å². The van der Waals surface area contributed by atoms with Crippen molar-refractivity contribution in [1.29, 1.82) is 0 Å². The number of hydrogen-bond acceptors (Lipinski definition) is 2. The Morgan fingerprint density at radius 1 is 1.47 bits per heavy atom. The van der Waals surface area contributed by atoms with Crippen molar-refractivity contribution in [2.24, 2.45) is 0 Å². The molecule has 0 bridgehead atoms. The van der Waals surface area contributed by atoms with Crippen molar-refractivity contribution in [2.75, 3.05) is 5.73 Å². The predicted octanol–water partition coefficient (Wildman–Crippen LogP) is 3.07. The first kappa shape index (κ1) is 10.3. The Hall–Kier alpha value is -1.18. The molecule has 1 unspecified atom stereocenters. The van der Waals surface area contributed by atoms with Crippen molar-refractivity contribution in [1.82, 2.24) is 0 Å². The summed E-state index contributed by atoms with van der Waals surface area (Å²) in [6, 6.07) is 1.84. The highest BCUT2D eigenvalue weighted by Gasteiger charge is 2.37. The van der Waals surface area contributed by atoms with Crippen molar-refractivity contribution < 1.29 is 5.11 Å².